The van der Waals surface area contributed by atoms with Crippen LogP contribution in [0.5, 0.6) is 0 Å². The highest BCUT2D eigenvalue weighted by Gasteiger charge is 2.29. The minimum Gasteiger partial charge on any atom is -0.390 e. The van der Waals surface area contributed by atoms with Crippen LogP contribution in [0, 0.1) is 13.8 Å². The van der Waals surface area contributed by atoms with Gasteiger partial charge in [-0.3, -0.25) is 9.48 Å². The van der Waals surface area contributed by atoms with Crippen molar-refractivity contribution in [3.8, 4) is 0 Å². The molecular formula is C21H29N3O2. The highest BCUT2D eigenvalue weighted by atomic mass is 16.3. The number of likely N-dealkylation sites (tertiary alicyclic amines) is 1. The van der Waals surface area contributed by atoms with Crippen LogP contribution >= 0.6 is 0 Å². The molecule has 1 aliphatic heterocycles. The van der Waals surface area contributed by atoms with Crippen LogP contribution in [0.15, 0.2) is 30.3 Å². The molecule has 0 radical (unpaired) electrons. The molecule has 2 aromatic rings. The van der Waals surface area contributed by atoms with E-state index in [0.717, 1.165) is 41.9 Å². The number of aliphatic hydroxyl groups is 1. The smallest absolute Gasteiger partial charge is 0.253 e. The number of amides is 1. The van der Waals surface area contributed by atoms with E-state index in [2.05, 4.69) is 22.8 Å². The molecular weight excluding hydrogens is 326 g/mol. The predicted octanol–water partition coefficient (Wildman–Crippen LogP) is 3.29. The Bertz CT molecular complexity index is 789. The lowest BCUT2D eigenvalue weighted by Crippen LogP contribution is -2.29. The van der Waals surface area contributed by atoms with Crippen molar-refractivity contribution in [2.75, 3.05) is 13.1 Å². The number of carbonyl (C=O) groups excluding carboxylic acids is 1. The number of rotatable bonds is 5. The molecule has 5 heteroatoms. The first-order chi connectivity index (χ1) is 12.2. The number of aryl methyl sites for hydroxylation is 3. The first-order valence-corrected chi connectivity index (χ1v) is 9.36. The van der Waals surface area contributed by atoms with Crippen LogP contribution < -0.4 is 0 Å². The molecule has 0 saturated carbocycles. The van der Waals surface area contributed by atoms with Crippen LogP contribution in [0.25, 0.3) is 0 Å². The van der Waals surface area contributed by atoms with Crippen LogP contribution in [-0.4, -0.2) is 44.4 Å². The molecule has 1 N–H and O–H groups in total. The first-order valence-electron chi connectivity index (χ1n) is 9.36. The van der Waals surface area contributed by atoms with Gasteiger partial charge in [-0.25, -0.2) is 0 Å². The summed E-state index contributed by atoms with van der Waals surface area (Å²) < 4.78 is 2.06. The quantitative estimate of drug-likeness (QED) is 0.895. The van der Waals surface area contributed by atoms with Gasteiger partial charge in [0.15, 0.2) is 0 Å². The van der Waals surface area contributed by atoms with Crippen molar-refractivity contribution in [1.82, 2.24) is 14.7 Å². The molecule has 1 saturated heterocycles. The second kappa shape index (κ2) is 7.23. The van der Waals surface area contributed by atoms with E-state index < -0.39 is 5.60 Å². The predicted molar refractivity (Wildman–Crippen MR) is 102 cm³/mol. The molecule has 1 aromatic heterocycles. The molecule has 0 spiro atoms. The number of hydrogen-bond donors (Lipinski definition) is 1. The number of nitrogens with zero attached hydrogens (tertiary/aromatic N) is 3. The van der Waals surface area contributed by atoms with Crippen LogP contribution in [-0.2, 0) is 6.42 Å². The van der Waals surface area contributed by atoms with E-state index in [1.165, 1.54) is 0 Å². The van der Waals surface area contributed by atoms with Crippen LogP contribution in [0.4, 0.5) is 0 Å². The van der Waals surface area contributed by atoms with Crippen molar-refractivity contribution < 1.29 is 9.90 Å². The summed E-state index contributed by atoms with van der Waals surface area (Å²) in [6, 6.07) is 10.1. The van der Waals surface area contributed by atoms with Crippen LogP contribution in [0.3, 0.4) is 0 Å². The van der Waals surface area contributed by atoms with E-state index in [-0.39, 0.29) is 11.9 Å². The standard InChI is InChI=1S/C21H29N3O2/c1-15-12-16(2)24(22-15)19-9-11-23(14-19)20(25)18-7-5-6-17(13-18)8-10-21(3,4)26/h5-7,12-13,19,26H,8-11,14H2,1-4H3. The van der Waals surface area contributed by atoms with Gasteiger partial charge in [0, 0.05) is 24.3 Å². The highest BCUT2D eigenvalue weighted by molar-refractivity contribution is 5.94. The van der Waals surface area contributed by atoms with Crippen molar-refractivity contribution in [3.63, 3.8) is 0 Å². The third-order valence-electron chi connectivity index (χ3n) is 5.04. The van der Waals surface area contributed by atoms with Gasteiger partial charge < -0.3 is 10.0 Å². The Morgan fingerprint density at radius 2 is 2.08 bits per heavy atom. The van der Waals surface area contributed by atoms with Crippen LogP contribution in [0.2, 0.25) is 0 Å². The van der Waals surface area contributed by atoms with E-state index in [4.69, 9.17) is 0 Å². The van der Waals surface area contributed by atoms with E-state index in [9.17, 15) is 9.90 Å². The highest BCUT2D eigenvalue weighted by Crippen LogP contribution is 2.25. The summed E-state index contributed by atoms with van der Waals surface area (Å²) in [6.07, 6.45) is 2.37. The zero-order chi connectivity index (χ0) is 18.9. The van der Waals surface area contributed by atoms with Gasteiger partial charge in [-0.2, -0.15) is 5.10 Å². The summed E-state index contributed by atoms with van der Waals surface area (Å²) in [5, 5.41) is 14.5. The molecule has 1 aromatic carbocycles. The fraction of sp³-hybridized carbons (Fsp3) is 0.524. The number of carbonyl (C=O) groups is 1. The molecule has 1 fully saturated rings. The summed E-state index contributed by atoms with van der Waals surface area (Å²) in [5.41, 5.74) is 3.30. The maximum atomic E-state index is 12.9. The third-order valence-corrected chi connectivity index (χ3v) is 5.04. The second-order valence-corrected chi connectivity index (χ2v) is 8.08. The third kappa shape index (κ3) is 4.33. The van der Waals surface area contributed by atoms with Gasteiger partial charge in [0.25, 0.3) is 5.91 Å². The van der Waals surface area contributed by atoms with Crippen molar-refractivity contribution in [2.24, 2.45) is 0 Å². The van der Waals surface area contributed by atoms with Crippen molar-refractivity contribution in [2.45, 2.75) is 58.6 Å². The molecule has 3 rings (SSSR count). The monoisotopic (exact) mass is 355 g/mol. The normalized spacial score (nSPS) is 17.7. The average Bonchev–Trinajstić information content (AvgIpc) is 3.18. The maximum Gasteiger partial charge on any atom is 0.253 e. The van der Waals surface area contributed by atoms with Crippen molar-refractivity contribution in [3.05, 3.63) is 52.8 Å². The molecule has 1 unspecified atom stereocenters. The lowest BCUT2D eigenvalue weighted by Gasteiger charge is -2.19. The summed E-state index contributed by atoms with van der Waals surface area (Å²) >= 11 is 0. The molecule has 26 heavy (non-hydrogen) atoms. The molecule has 0 bridgehead atoms. The van der Waals surface area contributed by atoms with Gasteiger partial charge in [0.2, 0.25) is 0 Å². The Balaban J connectivity index is 1.67. The summed E-state index contributed by atoms with van der Waals surface area (Å²) in [6.45, 7) is 9.15. The van der Waals surface area contributed by atoms with Gasteiger partial charge >= 0.3 is 0 Å². The number of aromatic nitrogens is 2. The van der Waals surface area contributed by atoms with Gasteiger partial charge in [-0.1, -0.05) is 12.1 Å². The van der Waals surface area contributed by atoms with E-state index >= 15 is 0 Å². The fourth-order valence-corrected chi connectivity index (χ4v) is 3.63. The Morgan fingerprint density at radius 1 is 1.31 bits per heavy atom. The molecule has 2 heterocycles. The zero-order valence-electron chi connectivity index (χ0n) is 16.2. The summed E-state index contributed by atoms with van der Waals surface area (Å²) in [4.78, 5) is 14.8. The Kier molecular flexibility index (Phi) is 5.19. The summed E-state index contributed by atoms with van der Waals surface area (Å²) in [7, 11) is 0. The Labute approximate surface area is 155 Å². The molecule has 1 aliphatic rings. The Hall–Kier alpha value is -2.14. The lowest BCUT2D eigenvalue weighted by atomic mass is 9.98. The molecule has 0 aliphatic carbocycles. The van der Waals surface area contributed by atoms with E-state index in [0.29, 0.717) is 13.0 Å². The molecule has 5 nitrogen and oxygen atoms in total. The van der Waals surface area contributed by atoms with Crippen molar-refractivity contribution in [1.29, 1.82) is 0 Å². The van der Waals surface area contributed by atoms with Gasteiger partial charge in [0.05, 0.1) is 17.3 Å². The second-order valence-electron chi connectivity index (χ2n) is 8.08. The molecule has 140 valence electrons. The zero-order valence-corrected chi connectivity index (χ0v) is 16.2. The van der Waals surface area contributed by atoms with E-state index in [1.807, 2.05) is 49.9 Å². The largest absolute Gasteiger partial charge is 0.390 e. The lowest BCUT2D eigenvalue weighted by molar-refractivity contribution is 0.0714. The van der Waals surface area contributed by atoms with Gasteiger partial charge in [-0.15, -0.1) is 0 Å². The van der Waals surface area contributed by atoms with Gasteiger partial charge in [0.1, 0.15) is 0 Å². The molecule has 1 amide bonds. The minimum atomic E-state index is -0.693. The molecule has 1 atom stereocenters. The SMILES string of the molecule is Cc1cc(C)n(C2CCN(C(=O)c3cccc(CCC(C)(C)O)c3)C2)n1. The first kappa shape index (κ1) is 18.6. The van der Waals surface area contributed by atoms with E-state index in [1.54, 1.807) is 0 Å². The number of hydrogen-bond acceptors (Lipinski definition) is 3. The topological polar surface area (TPSA) is 58.4 Å². The van der Waals surface area contributed by atoms with Gasteiger partial charge in [-0.05, 0) is 70.7 Å². The Morgan fingerprint density at radius 3 is 2.73 bits per heavy atom. The minimum absolute atomic E-state index is 0.0825. The maximum absolute atomic E-state index is 12.9. The fourth-order valence-electron chi connectivity index (χ4n) is 3.63. The van der Waals surface area contributed by atoms with Crippen molar-refractivity contribution >= 4 is 5.91 Å². The number of benzene rings is 1. The summed E-state index contributed by atoms with van der Waals surface area (Å²) in [5.74, 6) is 0.0825. The van der Waals surface area contributed by atoms with Crippen LogP contribution in [0.1, 0.15) is 60.0 Å². The average molecular weight is 355 g/mol.